The number of nitrogens with zero attached hydrogens (tertiary/aromatic N) is 5. The molecule has 1 unspecified atom stereocenters. The first-order chi connectivity index (χ1) is 9.32. The third-order valence-electron chi connectivity index (χ3n) is 2.39. The van der Waals surface area contributed by atoms with Crippen LogP contribution in [0, 0.1) is 0 Å². The molecule has 0 aliphatic heterocycles. The lowest BCUT2D eigenvalue weighted by Crippen LogP contribution is -2.25. The van der Waals surface area contributed by atoms with Crippen molar-refractivity contribution in [1.82, 2.24) is 24.6 Å². The Balaban J connectivity index is 2.41. The number of aromatic nitrogens is 4. The van der Waals surface area contributed by atoms with Gasteiger partial charge in [0.2, 0.25) is 6.35 Å². The van der Waals surface area contributed by atoms with Crippen LogP contribution in [0.3, 0.4) is 0 Å². The largest absolute Gasteiger partial charge is 0.359 e. The molecule has 0 bridgehead atoms. The maximum Gasteiger partial charge on any atom is 0.273 e. The van der Waals surface area contributed by atoms with Gasteiger partial charge in [-0.2, -0.15) is 0 Å². The van der Waals surface area contributed by atoms with E-state index in [1.807, 2.05) is 0 Å². The van der Waals surface area contributed by atoms with Crippen molar-refractivity contribution >= 4 is 25.8 Å². The molecule has 0 saturated carbocycles. The summed E-state index contributed by atoms with van der Waals surface area (Å²) in [5, 5.41) is 13.0. The molecule has 2 rings (SSSR count). The third kappa shape index (κ3) is 2.87. The molecule has 20 heavy (non-hydrogen) atoms. The SMILES string of the molecule is CN(C)C(O)n1cnc(S(=O)(=O)c2cccc(Br)n2)n1. The fourth-order valence-corrected chi connectivity index (χ4v) is 2.87. The maximum atomic E-state index is 12.3. The number of sulfone groups is 1. The molecule has 8 nitrogen and oxygen atoms in total. The van der Waals surface area contributed by atoms with Crippen molar-refractivity contribution < 1.29 is 13.5 Å². The lowest BCUT2D eigenvalue weighted by atomic mass is 10.5. The van der Waals surface area contributed by atoms with Gasteiger partial charge in [0, 0.05) is 0 Å². The van der Waals surface area contributed by atoms with Gasteiger partial charge in [-0.15, -0.1) is 5.10 Å². The minimum atomic E-state index is -3.91. The van der Waals surface area contributed by atoms with E-state index in [4.69, 9.17) is 0 Å². The fourth-order valence-electron chi connectivity index (χ4n) is 1.36. The van der Waals surface area contributed by atoms with E-state index in [9.17, 15) is 13.5 Å². The molecule has 0 amide bonds. The first-order valence-electron chi connectivity index (χ1n) is 5.45. The molecule has 1 atom stereocenters. The molecule has 0 saturated heterocycles. The first kappa shape index (κ1) is 15.0. The van der Waals surface area contributed by atoms with E-state index >= 15 is 0 Å². The minimum absolute atomic E-state index is 0.163. The van der Waals surface area contributed by atoms with Crippen LogP contribution in [0.4, 0.5) is 0 Å². The molecule has 0 aliphatic rings. The summed E-state index contributed by atoms with van der Waals surface area (Å²) in [6, 6.07) is 4.51. The van der Waals surface area contributed by atoms with Crippen molar-refractivity contribution in [3.63, 3.8) is 0 Å². The van der Waals surface area contributed by atoms with Crippen LogP contribution in [0.25, 0.3) is 0 Å². The van der Waals surface area contributed by atoms with Crippen LogP contribution in [0.2, 0.25) is 0 Å². The van der Waals surface area contributed by atoms with E-state index in [0.717, 1.165) is 11.0 Å². The summed E-state index contributed by atoms with van der Waals surface area (Å²) < 4.78 is 26.0. The Morgan fingerprint density at radius 3 is 2.70 bits per heavy atom. The predicted molar refractivity (Wildman–Crippen MR) is 72.4 cm³/mol. The second-order valence-electron chi connectivity index (χ2n) is 4.12. The molecule has 0 fully saturated rings. The van der Waals surface area contributed by atoms with Crippen molar-refractivity contribution in [3.05, 3.63) is 29.1 Å². The number of aliphatic hydroxyl groups is 1. The van der Waals surface area contributed by atoms with Crippen LogP contribution < -0.4 is 0 Å². The number of halogens is 1. The Kier molecular flexibility index (Phi) is 4.18. The maximum absolute atomic E-state index is 12.3. The standard InChI is InChI=1S/C10H12BrN5O3S/c1-15(2)10(17)16-6-12-9(14-16)20(18,19)8-5-3-4-7(11)13-8/h3-6,10,17H,1-2H3. The number of hydrogen-bond donors (Lipinski definition) is 1. The minimum Gasteiger partial charge on any atom is -0.359 e. The Labute approximate surface area is 124 Å². The summed E-state index contributed by atoms with van der Waals surface area (Å²) in [5.74, 6) is 0. The van der Waals surface area contributed by atoms with Gasteiger partial charge in [-0.1, -0.05) is 6.07 Å². The van der Waals surface area contributed by atoms with Gasteiger partial charge in [0.05, 0.1) is 0 Å². The summed E-state index contributed by atoms with van der Waals surface area (Å²) in [6.07, 6.45) is 0.0529. The Morgan fingerprint density at radius 2 is 2.10 bits per heavy atom. The number of rotatable bonds is 4. The molecule has 2 aromatic heterocycles. The van der Waals surface area contributed by atoms with E-state index in [1.54, 1.807) is 26.2 Å². The van der Waals surface area contributed by atoms with Gasteiger partial charge in [0.25, 0.3) is 15.0 Å². The monoisotopic (exact) mass is 361 g/mol. The normalized spacial score (nSPS) is 13.7. The molecular weight excluding hydrogens is 350 g/mol. The second-order valence-corrected chi connectivity index (χ2v) is 6.72. The molecular formula is C10H12BrN5O3S. The zero-order valence-electron chi connectivity index (χ0n) is 10.7. The van der Waals surface area contributed by atoms with E-state index < -0.39 is 21.3 Å². The Hall–Kier alpha value is -1.36. The predicted octanol–water partition coefficient (Wildman–Crippen LogP) is 0.278. The number of pyridine rings is 1. The zero-order valence-corrected chi connectivity index (χ0v) is 13.1. The van der Waals surface area contributed by atoms with Crippen LogP contribution in [0.5, 0.6) is 0 Å². The lowest BCUT2D eigenvalue weighted by Gasteiger charge is -2.17. The van der Waals surface area contributed by atoms with Crippen LogP contribution >= 0.6 is 15.9 Å². The highest BCUT2D eigenvalue weighted by Gasteiger charge is 2.25. The van der Waals surface area contributed by atoms with Crippen molar-refractivity contribution in [2.24, 2.45) is 0 Å². The molecule has 1 N–H and O–H groups in total. The van der Waals surface area contributed by atoms with E-state index in [-0.39, 0.29) is 5.03 Å². The van der Waals surface area contributed by atoms with E-state index in [1.165, 1.54) is 11.0 Å². The van der Waals surface area contributed by atoms with Gasteiger partial charge < -0.3 is 5.11 Å². The van der Waals surface area contributed by atoms with Gasteiger partial charge in [0.1, 0.15) is 10.9 Å². The highest BCUT2D eigenvalue weighted by atomic mass is 79.9. The van der Waals surface area contributed by atoms with E-state index in [2.05, 4.69) is 31.0 Å². The summed E-state index contributed by atoms with van der Waals surface area (Å²) in [4.78, 5) is 9.04. The molecule has 0 aliphatic carbocycles. The van der Waals surface area contributed by atoms with E-state index in [0.29, 0.717) is 4.60 Å². The van der Waals surface area contributed by atoms with Crippen LogP contribution in [-0.4, -0.2) is 52.3 Å². The topological polar surface area (TPSA) is 101 Å². The van der Waals surface area contributed by atoms with Crippen LogP contribution in [0.15, 0.2) is 39.3 Å². The number of aliphatic hydroxyl groups excluding tert-OH is 1. The van der Waals surface area contributed by atoms with Gasteiger partial charge in [-0.3, -0.25) is 4.90 Å². The Bertz CT molecular complexity index is 715. The molecule has 0 aromatic carbocycles. The van der Waals surface area contributed by atoms with Crippen LogP contribution in [-0.2, 0) is 9.84 Å². The summed E-state index contributed by atoms with van der Waals surface area (Å²) >= 11 is 3.11. The fraction of sp³-hybridized carbons (Fsp3) is 0.300. The molecule has 2 heterocycles. The first-order valence-corrected chi connectivity index (χ1v) is 7.73. The lowest BCUT2D eigenvalue weighted by molar-refractivity contribution is -0.0343. The van der Waals surface area contributed by atoms with Crippen LogP contribution in [0.1, 0.15) is 6.35 Å². The van der Waals surface area contributed by atoms with Crippen molar-refractivity contribution in [1.29, 1.82) is 0 Å². The summed E-state index contributed by atoms with van der Waals surface area (Å²) in [7, 11) is -0.671. The average molecular weight is 362 g/mol. The van der Waals surface area contributed by atoms with Gasteiger partial charge >= 0.3 is 0 Å². The van der Waals surface area contributed by atoms with Gasteiger partial charge in [0.15, 0.2) is 5.03 Å². The van der Waals surface area contributed by atoms with Gasteiger partial charge in [-0.25, -0.2) is 23.1 Å². The zero-order chi connectivity index (χ0) is 14.9. The van der Waals surface area contributed by atoms with Crippen molar-refractivity contribution in [3.8, 4) is 0 Å². The molecule has 0 radical (unpaired) electrons. The highest BCUT2D eigenvalue weighted by molar-refractivity contribution is 9.10. The Morgan fingerprint density at radius 1 is 1.40 bits per heavy atom. The molecule has 108 valence electrons. The second kappa shape index (κ2) is 5.56. The smallest absolute Gasteiger partial charge is 0.273 e. The average Bonchev–Trinajstić information content (AvgIpc) is 2.87. The van der Waals surface area contributed by atoms with Crippen molar-refractivity contribution in [2.75, 3.05) is 14.1 Å². The molecule has 2 aromatic rings. The van der Waals surface area contributed by atoms with Gasteiger partial charge in [-0.05, 0) is 42.2 Å². The quantitative estimate of drug-likeness (QED) is 0.616. The molecule has 10 heteroatoms. The third-order valence-corrected chi connectivity index (χ3v) is 4.28. The highest BCUT2D eigenvalue weighted by Crippen LogP contribution is 2.18. The summed E-state index contributed by atoms with van der Waals surface area (Å²) in [5.41, 5.74) is 0. The summed E-state index contributed by atoms with van der Waals surface area (Å²) in [6.45, 7) is 0. The van der Waals surface area contributed by atoms with Crippen molar-refractivity contribution in [2.45, 2.75) is 16.5 Å². The molecule has 0 spiro atoms. The number of hydrogen-bond acceptors (Lipinski definition) is 7.